The van der Waals surface area contributed by atoms with E-state index < -0.39 is 32.7 Å². The lowest BCUT2D eigenvalue weighted by atomic mass is 10.2. The van der Waals surface area contributed by atoms with Crippen LogP contribution in [0.15, 0.2) is 58.5 Å². The molecule has 0 spiro atoms. The Bertz CT molecular complexity index is 1060. The summed E-state index contributed by atoms with van der Waals surface area (Å²) in [5.41, 5.74) is -0.0746. The van der Waals surface area contributed by atoms with Crippen LogP contribution in [0.1, 0.15) is 0 Å². The van der Waals surface area contributed by atoms with Crippen LogP contribution >= 0.6 is 0 Å². The lowest BCUT2D eigenvalue weighted by Gasteiger charge is -2.27. The van der Waals surface area contributed by atoms with E-state index in [1.54, 1.807) is 0 Å². The Balaban J connectivity index is 2.18. The predicted molar refractivity (Wildman–Crippen MR) is 82.5 cm³/mol. The molecule has 0 N–H and O–H groups in total. The van der Waals surface area contributed by atoms with Gasteiger partial charge in [0.1, 0.15) is 17.6 Å². The molecule has 26 heavy (non-hydrogen) atoms. The normalized spacial score (nSPS) is 15.7. The largest absolute Gasteiger partial charge is 0.573 e. The maximum atomic E-state index is 13.6. The molecule has 2 aromatic rings. The van der Waals surface area contributed by atoms with Crippen molar-refractivity contribution in [1.29, 1.82) is 5.26 Å². The fraction of sp³-hybridized carbons (Fsp3) is 0.0625. The van der Waals surface area contributed by atoms with E-state index in [0.717, 1.165) is 41.4 Å². The zero-order valence-electron chi connectivity index (χ0n) is 12.7. The highest BCUT2D eigenvalue weighted by Gasteiger charge is 2.34. The highest BCUT2D eigenvalue weighted by Crippen LogP contribution is 2.40. The average Bonchev–Trinajstić information content (AvgIpc) is 2.53. The van der Waals surface area contributed by atoms with E-state index >= 15 is 0 Å². The summed E-state index contributed by atoms with van der Waals surface area (Å²) in [6.45, 7) is 0. The number of anilines is 2. The van der Waals surface area contributed by atoms with Gasteiger partial charge in [-0.05, 0) is 30.3 Å². The van der Waals surface area contributed by atoms with E-state index in [1.807, 2.05) is 0 Å². The molecule has 0 atom stereocenters. The Kier molecular flexibility index (Phi) is 4.12. The number of ether oxygens (including phenoxy) is 1. The summed E-state index contributed by atoms with van der Waals surface area (Å²) in [7, 11) is -4.15. The van der Waals surface area contributed by atoms with Crippen LogP contribution in [0.3, 0.4) is 0 Å². The molecule has 0 aliphatic carbocycles. The molecule has 0 fully saturated rings. The molecule has 10 heteroatoms. The van der Waals surface area contributed by atoms with E-state index in [1.165, 1.54) is 18.2 Å². The Hall–Kier alpha value is -3.06. The molecule has 0 radical (unpaired) electrons. The number of nitrogens with zero attached hydrogens (tertiary/aromatic N) is 2. The molecule has 5 nitrogen and oxygen atoms in total. The quantitative estimate of drug-likeness (QED) is 0.578. The monoisotopic (exact) mass is 384 g/mol. The lowest BCUT2D eigenvalue weighted by molar-refractivity contribution is -0.274. The molecule has 1 aliphatic heterocycles. The highest BCUT2D eigenvalue weighted by atomic mass is 32.2. The third-order valence-electron chi connectivity index (χ3n) is 3.45. The van der Waals surface area contributed by atoms with Crippen molar-refractivity contribution in [3.63, 3.8) is 0 Å². The maximum absolute atomic E-state index is 13.6. The van der Waals surface area contributed by atoms with Gasteiger partial charge in [0.15, 0.2) is 4.91 Å². The van der Waals surface area contributed by atoms with Gasteiger partial charge < -0.3 is 9.64 Å². The van der Waals surface area contributed by atoms with E-state index in [2.05, 4.69) is 4.74 Å². The van der Waals surface area contributed by atoms with Gasteiger partial charge in [-0.3, -0.25) is 0 Å². The summed E-state index contributed by atoms with van der Waals surface area (Å²) < 4.78 is 79.4. The highest BCUT2D eigenvalue weighted by molar-refractivity contribution is 7.95. The number of nitriles is 1. The number of sulfone groups is 1. The first-order valence-corrected chi connectivity index (χ1v) is 8.42. The Morgan fingerprint density at radius 1 is 1.12 bits per heavy atom. The lowest BCUT2D eigenvalue weighted by Crippen LogP contribution is -2.22. The molecular formula is C16H8F4N2O3S. The van der Waals surface area contributed by atoms with Crippen LogP contribution < -0.4 is 9.64 Å². The number of hydrogen-bond acceptors (Lipinski definition) is 5. The van der Waals surface area contributed by atoms with Crippen molar-refractivity contribution < 1.29 is 30.7 Å². The zero-order valence-corrected chi connectivity index (χ0v) is 13.5. The Labute approximate surface area is 145 Å². The Morgan fingerprint density at radius 2 is 1.85 bits per heavy atom. The standard InChI is InChI=1S/C16H8F4N2O3S/c17-10-4-5-15-14(6-10)22(9-13(8-21)26(15,23)24)11-2-1-3-12(7-11)25-16(18,19)20/h1-7,9H. The van der Waals surface area contributed by atoms with Gasteiger partial charge in [-0.1, -0.05) is 6.07 Å². The van der Waals surface area contributed by atoms with Crippen LogP contribution in [0.2, 0.25) is 0 Å². The number of alkyl halides is 3. The van der Waals surface area contributed by atoms with Gasteiger partial charge >= 0.3 is 6.36 Å². The van der Waals surface area contributed by atoms with Crippen LogP contribution in [0, 0.1) is 17.1 Å². The molecule has 0 saturated heterocycles. The summed E-state index contributed by atoms with van der Waals surface area (Å²) in [6, 6.07) is 9.01. The maximum Gasteiger partial charge on any atom is 0.573 e. The second kappa shape index (κ2) is 6.03. The van der Waals surface area contributed by atoms with Crippen LogP contribution in [0.4, 0.5) is 28.9 Å². The fourth-order valence-corrected chi connectivity index (χ4v) is 3.69. The van der Waals surface area contributed by atoms with Gasteiger partial charge in [-0.25, -0.2) is 12.8 Å². The van der Waals surface area contributed by atoms with Gasteiger partial charge in [0.05, 0.1) is 10.6 Å². The summed E-state index contributed by atoms with van der Waals surface area (Å²) >= 11 is 0. The smallest absolute Gasteiger partial charge is 0.406 e. The van der Waals surface area contributed by atoms with Crippen molar-refractivity contribution in [1.82, 2.24) is 0 Å². The molecule has 0 bridgehead atoms. The molecule has 1 aliphatic rings. The van der Waals surface area contributed by atoms with Crippen molar-refractivity contribution in [3.05, 3.63) is 59.4 Å². The fourth-order valence-electron chi connectivity index (χ4n) is 2.41. The number of hydrogen-bond donors (Lipinski definition) is 0. The molecule has 1 heterocycles. The number of benzene rings is 2. The van der Waals surface area contributed by atoms with Gasteiger partial charge in [0.25, 0.3) is 0 Å². The van der Waals surface area contributed by atoms with E-state index in [4.69, 9.17) is 5.26 Å². The van der Waals surface area contributed by atoms with Crippen LogP contribution in [-0.4, -0.2) is 14.8 Å². The summed E-state index contributed by atoms with van der Waals surface area (Å²) in [5.74, 6) is -1.30. The van der Waals surface area contributed by atoms with E-state index in [-0.39, 0.29) is 16.3 Å². The van der Waals surface area contributed by atoms with Crippen molar-refractivity contribution in [3.8, 4) is 11.8 Å². The molecule has 2 aromatic carbocycles. The van der Waals surface area contributed by atoms with Gasteiger partial charge in [0, 0.05) is 18.0 Å². The minimum absolute atomic E-state index is 0.0567. The minimum atomic E-state index is -4.92. The first kappa shape index (κ1) is 17.8. The van der Waals surface area contributed by atoms with Gasteiger partial charge in [0.2, 0.25) is 9.84 Å². The van der Waals surface area contributed by atoms with Gasteiger partial charge in [-0.15, -0.1) is 13.2 Å². The number of rotatable bonds is 2. The molecule has 0 unspecified atom stereocenters. The summed E-state index contributed by atoms with van der Waals surface area (Å²) in [4.78, 5) is 0.153. The predicted octanol–water partition coefficient (Wildman–Crippen LogP) is 4.01. The first-order valence-electron chi connectivity index (χ1n) is 6.93. The number of allylic oxidation sites excluding steroid dienone is 1. The van der Waals surface area contributed by atoms with Crippen LogP contribution in [0.25, 0.3) is 0 Å². The zero-order chi connectivity index (χ0) is 19.1. The molecule has 0 saturated carbocycles. The summed E-state index contributed by atoms with van der Waals surface area (Å²) in [6.07, 6.45) is -3.99. The van der Waals surface area contributed by atoms with Crippen LogP contribution in [-0.2, 0) is 9.84 Å². The molecule has 3 rings (SSSR count). The topological polar surface area (TPSA) is 70.4 Å². The van der Waals surface area contributed by atoms with Crippen LogP contribution in [0.5, 0.6) is 5.75 Å². The van der Waals surface area contributed by atoms with Crippen molar-refractivity contribution in [2.45, 2.75) is 11.3 Å². The molecular weight excluding hydrogens is 376 g/mol. The van der Waals surface area contributed by atoms with Crippen molar-refractivity contribution in [2.24, 2.45) is 0 Å². The third kappa shape index (κ3) is 3.21. The summed E-state index contributed by atoms with van der Waals surface area (Å²) in [5, 5.41) is 9.11. The first-order chi connectivity index (χ1) is 12.1. The Morgan fingerprint density at radius 3 is 2.50 bits per heavy atom. The number of fused-ring (bicyclic) bond motifs is 1. The second-order valence-electron chi connectivity index (χ2n) is 5.14. The third-order valence-corrected chi connectivity index (χ3v) is 5.15. The SMILES string of the molecule is N#CC1=CN(c2cccc(OC(F)(F)F)c2)c2cc(F)ccc2S1(=O)=O. The van der Waals surface area contributed by atoms with Crippen molar-refractivity contribution >= 4 is 21.2 Å². The van der Waals surface area contributed by atoms with Crippen molar-refractivity contribution in [2.75, 3.05) is 4.90 Å². The average molecular weight is 384 g/mol. The van der Waals surface area contributed by atoms with Gasteiger partial charge in [-0.2, -0.15) is 5.26 Å². The van der Waals surface area contributed by atoms with E-state index in [9.17, 15) is 26.0 Å². The van der Waals surface area contributed by atoms with E-state index in [0.29, 0.717) is 0 Å². The second-order valence-corrected chi connectivity index (χ2v) is 7.02. The molecule has 0 aromatic heterocycles. The minimum Gasteiger partial charge on any atom is -0.406 e. The molecule has 0 amide bonds. The molecule has 134 valence electrons. The number of halogens is 4.